The molecule has 23 heavy (non-hydrogen) atoms. The average molecular weight is 315 g/mol. The van der Waals surface area contributed by atoms with E-state index in [1.807, 2.05) is 6.07 Å². The molecular formula is C16H17N3O4. The minimum atomic E-state index is -0.849. The molecule has 0 aliphatic carbocycles. The van der Waals surface area contributed by atoms with Crippen LogP contribution < -0.4 is 10.6 Å². The summed E-state index contributed by atoms with van der Waals surface area (Å²) >= 11 is 0. The fraction of sp³-hybridized carbons (Fsp3) is 0.375. The van der Waals surface area contributed by atoms with Crippen molar-refractivity contribution >= 4 is 17.8 Å². The van der Waals surface area contributed by atoms with Crippen molar-refractivity contribution in [2.24, 2.45) is 0 Å². The van der Waals surface area contributed by atoms with E-state index in [2.05, 4.69) is 10.6 Å². The van der Waals surface area contributed by atoms with E-state index in [0.717, 1.165) is 5.56 Å². The smallest absolute Gasteiger partial charge is 0.328 e. The summed E-state index contributed by atoms with van der Waals surface area (Å²) in [6.07, 6.45) is 0.955. The van der Waals surface area contributed by atoms with Crippen LogP contribution in [0.5, 0.6) is 0 Å². The maximum Gasteiger partial charge on any atom is 0.328 e. The molecule has 1 fully saturated rings. The van der Waals surface area contributed by atoms with E-state index in [9.17, 15) is 14.4 Å². The highest BCUT2D eigenvalue weighted by Gasteiger charge is 2.30. The van der Waals surface area contributed by atoms with Gasteiger partial charge in [0.2, 0.25) is 11.8 Å². The van der Waals surface area contributed by atoms with Gasteiger partial charge in [-0.15, -0.1) is 0 Å². The molecule has 1 aromatic rings. The number of nitrogens with one attached hydrogen (secondary N) is 2. The first kappa shape index (κ1) is 16.5. The molecule has 7 heteroatoms. The van der Waals surface area contributed by atoms with E-state index in [-0.39, 0.29) is 12.3 Å². The minimum absolute atomic E-state index is 0.174. The van der Waals surface area contributed by atoms with Crippen LogP contribution in [0.25, 0.3) is 0 Å². The summed E-state index contributed by atoms with van der Waals surface area (Å²) in [5.41, 5.74) is 1.30. The molecule has 1 saturated heterocycles. The van der Waals surface area contributed by atoms with E-state index in [4.69, 9.17) is 10.00 Å². The molecule has 2 amide bonds. The topological polar surface area (TPSA) is 108 Å². The van der Waals surface area contributed by atoms with Gasteiger partial charge in [-0.3, -0.25) is 9.59 Å². The molecule has 0 unspecified atom stereocenters. The zero-order valence-corrected chi connectivity index (χ0v) is 12.7. The molecule has 0 aromatic heterocycles. The Bertz CT molecular complexity index is 648. The van der Waals surface area contributed by atoms with Gasteiger partial charge in [0.15, 0.2) is 0 Å². The van der Waals surface area contributed by atoms with Gasteiger partial charge in [-0.05, 0) is 24.1 Å². The summed E-state index contributed by atoms with van der Waals surface area (Å²) in [5, 5.41) is 14.0. The van der Waals surface area contributed by atoms with E-state index >= 15 is 0 Å². The molecule has 1 aliphatic heterocycles. The van der Waals surface area contributed by atoms with Crippen molar-refractivity contribution in [1.82, 2.24) is 10.6 Å². The number of nitriles is 1. The number of amides is 2. The Balaban J connectivity index is 2.04. The number of nitrogens with zero attached hydrogens (tertiary/aromatic N) is 1. The van der Waals surface area contributed by atoms with Crippen LogP contribution in [0.3, 0.4) is 0 Å². The Labute approximate surface area is 133 Å². The molecule has 1 aromatic carbocycles. The molecule has 1 heterocycles. The number of hydrogen-bond acceptors (Lipinski definition) is 5. The van der Waals surface area contributed by atoms with Gasteiger partial charge in [0, 0.05) is 12.8 Å². The monoisotopic (exact) mass is 315 g/mol. The third-order valence-corrected chi connectivity index (χ3v) is 3.64. The summed E-state index contributed by atoms with van der Waals surface area (Å²) in [6.45, 7) is 0. The van der Waals surface area contributed by atoms with Gasteiger partial charge in [0.05, 0.1) is 18.7 Å². The average Bonchev–Trinajstić information content (AvgIpc) is 3.00. The molecule has 120 valence electrons. The lowest BCUT2D eigenvalue weighted by Crippen LogP contribution is -2.49. The molecule has 2 rings (SSSR count). The van der Waals surface area contributed by atoms with Crippen LogP contribution in [0.2, 0.25) is 0 Å². The zero-order valence-electron chi connectivity index (χ0n) is 12.7. The number of carbonyl (C=O) groups excluding carboxylic acids is 3. The van der Waals surface area contributed by atoms with Crippen LogP contribution in [-0.4, -0.2) is 37.0 Å². The number of benzene rings is 1. The Morgan fingerprint density at radius 3 is 2.65 bits per heavy atom. The summed E-state index contributed by atoms with van der Waals surface area (Å²) in [6, 6.07) is 7.27. The van der Waals surface area contributed by atoms with Crippen molar-refractivity contribution in [3.63, 3.8) is 0 Å². The third kappa shape index (κ3) is 4.30. The SMILES string of the molecule is COC(=O)[C@H](Cc1ccc(C#N)cc1)NC(=O)[C@@H]1CCC(=O)N1. The standard InChI is InChI=1S/C16H17N3O4/c1-23-16(22)13(8-10-2-4-11(9-17)5-3-10)19-15(21)12-6-7-14(20)18-12/h2-5,12-13H,6-8H2,1H3,(H,18,20)(H,19,21)/t12-,13-/m0/s1. The molecule has 0 saturated carbocycles. The van der Waals surface area contributed by atoms with E-state index in [0.29, 0.717) is 18.4 Å². The fourth-order valence-corrected chi connectivity index (χ4v) is 2.37. The van der Waals surface area contributed by atoms with Crippen molar-refractivity contribution in [2.45, 2.75) is 31.3 Å². The van der Waals surface area contributed by atoms with Gasteiger partial charge in [-0.25, -0.2) is 4.79 Å². The summed E-state index contributed by atoms with van der Waals surface area (Å²) in [7, 11) is 1.25. The maximum atomic E-state index is 12.1. The van der Waals surface area contributed by atoms with Crippen LogP contribution in [0.1, 0.15) is 24.0 Å². The molecule has 2 atom stereocenters. The molecule has 0 spiro atoms. The zero-order chi connectivity index (χ0) is 16.8. The second kappa shape index (κ2) is 7.40. The first-order valence-electron chi connectivity index (χ1n) is 7.20. The van der Waals surface area contributed by atoms with Crippen molar-refractivity contribution in [1.29, 1.82) is 5.26 Å². The van der Waals surface area contributed by atoms with Crippen LogP contribution in [0, 0.1) is 11.3 Å². The molecule has 7 nitrogen and oxygen atoms in total. The number of methoxy groups -OCH3 is 1. The van der Waals surface area contributed by atoms with Gasteiger partial charge in [-0.2, -0.15) is 5.26 Å². The molecule has 0 radical (unpaired) electrons. The van der Waals surface area contributed by atoms with Crippen LogP contribution >= 0.6 is 0 Å². The highest BCUT2D eigenvalue weighted by atomic mass is 16.5. The maximum absolute atomic E-state index is 12.1. The number of esters is 1. The van der Waals surface area contributed by atoms with Crippen molar-refractivity contribution in [2.75, 3.05) is 7.11 Å². The summed E-state index contributed by atoms with van der Waals surface area (Å²) in [5.74, 6) is -1.14. The first-order valence-corrected chi connectivity index (χ1v) is 7.20. The summed E-state index contributed by atoms with van der Waals surface area (Å²) in [4.78, 5) is 35.2. The van der Waals surface area contributed by atoms with Crippen LogP contribution in [0.4, 0.5) is 0 Å². The molecule has 1 aliphatic rings. The normalized spacial score (nSPS) is 17.7. The van der Waals surface area contributed by atoms with E-state index < -0.39 is 24.0 Å². The lowest BCUT2D eigenvalue weighted by atomic mass is 10.0. The van der Waals surface area contributed by atoms with Gasteiger partial charge in [0.1, 0.15) is 12.1 Å². The Morgan fingerprint density at radius 1 is 1.43 bits per heavy atom. The Morgan fingerprint density at radius 2 is 2.13 bits per heavy atom. The van der Waals surface area contributed by atoms with Gasteiger partial charge in [0.25, 0.3) is 0 Å². The second-order valence-corrected chi connectivity index (χ2v) is 5.26. The predicted molar refractivity (Wildman–Crippen MR) is 80.0 cm³/mol. The second-order valence-electron chi connectivity index (χ2n) is 5.26. The summed E-state index contributed by atoms with van der Waals surface area (Å²) < 4.78 is 4.72. The molecular weight excluding hydrogens is 298 g/mol. The lowest BCUT2D eigenvalue weighted by molar-refractivity contribution is -0.145. The van der Waals surface area contributed by atoms with Gasteiger partial charge in [-0.1, -0.05) is 12.1 Å². The Hall–Kier alpha value is -2.88. The first-order chi connectivity index (χ1) is 11.0. The van der Waals surface area contributed by atoms with Crippen molar-refractivity contribution < 1.29 is 19.1 Å². The minimum Gasteiger partial charge on any atom is -0.467 e. The van der Waals surface area contributed by atoms with E-state index in [1.54, 1.807) is 24.3 Å². The van der Waals surface area contributed by atoms with Gasteiger partial charge < -0.3 is 15.4 Å². The van der Waals surface area contributed by atoms with E-state index in [1.165, 1.54) is 7.11 Å². The quantitative estimate of drug-likeness (QED) is 0.746. The van der Waals surface area contributed by atoms with Crippen LogP contribution in [0.15, 0.2) is 24.3 Å². The predicted octanol–water partition coefficient (Wildman–Crippen LogP) is 0.0372. The number of hydrogen-bond donors (Lipinski definition) is 2. The third-order valence-electron chi connectivity index (χ3n) is 3.64. The van der Waals surface area contributed by atoms with Crippen molar-refractivity contribution in [3.05, 3.63) is 35.4 Å². The van der Waals surface area contributed by atoms with Gasteiger partial charge >= 0.3 is 5.97 Å². The highest BCUT2D eigenvalue weighted by molar-refractivity contribution is 5.93. The Kier molecular flexibility index (Phi) is 5.31. The fourth-order valence-electron chi connectivity index (χ4n) is 2.37. The lowest BCUT2D eigenvalue weighted by Gasteiger charge is -2.19. The molecule has 2 N–H and O–H groups in total. The highest BCUT2D eigenvalue weighted by Crippen LogP contribution is 2.10. The van der Waals surface area contributed by atoms with Crippen molar-refractivity contribution in [3.8, 4) is 6.07 Å². The number of carbonyl (C=O) groups is 3. The molecule has 0 bridgehead atoms. The number of ether oxygens (including phenoxy) is 1. The van der Waals surface area contributed by atoms with Crippen LogP contribution in [-0.2, 0) is 25.5 Å². The largest absolute Gasteiger partial charge is 0.467 e. The number of rotatable bonds is 5.